The average Bonchev–Trinajstić information content (AvgIpc) is 3.08. The number of thiophene rings is 1. The third-order valence-corrected chi connectivity index (χ3v) is 4.92. The molecule has 5 nitrogen and oxygen atoms in total. The van der Waals surface area contributed by atoms with Crippen molar-refractivity contribution >= 4 is 44.1 Å². The van der Waals surface area contributed by atoms with Crippen LogP contribution in [0.2, 0.25) is 0 Å². The van der Waals surface area contributed by atoms with E-state index in [9.17, 15) is 9.59 Å². The second-order valence-electron chi connectivity index (χ2n) is 5.57. The Morgan fingerprint density at radius 2 is 2.04 bits per heavy atom. The minimum absolute atomic E-state index is 0.00710. The molecule has 0 spiro atoms. The van der Waals surface area contributed by atoms with E-state index in [1.165, 1.54) is 18.3 Å². The fourth-order valence-corrected chi connectivity index (χ4v) is 3.62. The van der Waals surface area contributed by atoms with Crippen molar-refractivity contribution < 1.29 is 23.8 Å². The minimum Gasteiger partial charge on any atom is -0.493 e. The molecule has 0 saturated heterocycles. The van der Waals surface area contributed by atoms with Gasteiger partial charge in [-0.3, -0.25) is 9.59 Å². The number of aliphatic carboxylic acids is 1. The second-order valence-corrected chi connectivity index (χ2v) is 6.65. The molecule has 1 N–H and O–H groups in total. The molecule has 0 radical (unpaired) electrons. The first-order valence-electron chi connectivity index (χ1n) is 7.17. The number of ketones is 1. The van der Waals surface area contributed by atoms with E-state index in [1.807, 2.05) is 25.1 Å². The fraction of sp³-hybridized carbons (Fsp3) is 0.294. The minimum atomic E-state index is -0.964. The van der Waals surface area contributed by atoms with Crippen molar-refractivity contribution in [2.75, 3.05) is 7.11 Å². The summed E-state index contributed by atoms with van der Waals surface area (Å²) in [6, 6.07) is 5.58. The Hall–Kier alpha value is -2.34. The number of carbonyl (C=O) groups is 2. The molecule has 0 amide bonds. The highest BCUT2D eigenvalue weighted by Gasteiger charge is 2.20. The molecule has 2 aromatic heterocycles. The molecule has 0 bridgehead atoms. The normalized spacial score (nSPS) is 12.7. The second kappa shape index (κ2) is 5.70. The van der Waals surface area contributed by atoms with Gasteiger partial charge in [0.1, 0.15) is 5.76 Å². The molecule has 0 aliphatic heterocycles. The van der Waals surface area contributed by atoms with E-state index >= 15 is 0 Å². The molecular weight excluding hydrogens is 316 g/mol. The van der Waals surface area contributed by atoms with Crippen molar-refractivity contribution in [3.63, 3.8) is 0 Å². The molecule has 1 unspecified atom stereocenters. The van der Waals surface area contributed by atoms with Crippen LogP contribution < -0.4 is 4.74 Å². The molecule has 0 saturated carbocycles. The summed E-state index contributed by atoms with van der Waals surface area (Å²) >= 11 is 1.35. The van der Waals surface area contributed by atoms with Crippen LogP contribution in [0.5, 0.6) is 5.75 Å². The number of Topliss-reactive ketones (excluding diaryl/α,β-unsaturated/α-hetero) is 1. The van der Waals surface area contributed by atoms with E-state index < -0.39 is 11.9 Å². The first-order chi connectivity index (χ1) is 10.9. The van der Waals surface area contributed by atoms with Crippen LogP contribution in [0.1, 0.15) is 28.8 Å². The topological polar surface area (TPSA) is 76.7 Å². The number of rotatable bonds is 5. The molecule has 3 rings (SSSR count). The van der Waals surface area contributed by atoms with Gasteiger partial charge in [0.15, 0.2) is 17.1 Å². The largest absolute Gasteiger partial charge is 0.493 e. The third-order valence-electron chi connectivity index (χ3n) is 3.80. The summed E-state index contributed by atoms with van der Waals surface area (Å²) in [6.45, 7) is 3.40. The predicted octanol–water partition coefficient (Wildman–Crippen LogP) is 4.26. The van der Waals surface area contributed by atoms with Gasteiger partial charge in [-0.2, -0.15) is 0 Å². The summed E-state index contributed by atoms with van der Waals surface area (Å²) in [4.78, 5) is 23.8. The molecule has 6 heteroatoms. The maximum atomic E-state index is 12.3. The zero-order valence-electron chi connectivity index (χ0n) is 13.0. The summed E-state index contributed by atoms with van der Waals surface area (Å²) < 4.78 is 12.0. The van der Waals surface area contributed by atoms with Gasteiger partial charge in [-0.15, -0.1) is 11.3 Å². The number of carboxylic acids is 1. The molecule has 0 aliphatic carbocycles. The lowest BCUT2D eigenvalue weighted by atomic mass is 10.0. The highest BCUT2D eigenvalue weighted by Crippen LogP contribution is 2.39. The summed E-state index contributed by atoms with van der Waals surface area (Å²) in [6.07, 6.45) is -0.00710. The van der Waals surface area contributed by atoms with Crippen LogP contribution in [0, 0.1) is 12.8 Å². The summed E-state index contributed by atoms with van der Waals surface area (Å²) in [7, 11) is 1.58. The number of methoxy groups -OCH3 is 1. The number of aryl methyl sites for hydroxylation is 1. The van der Waals surface area contributed by atoms with Crippen LogP contribution in [-0.4, -0.2) is 24.0 Å². The van der Waals surface area contributed by atoms with E-state index in [0.717, 1.165) is 21.2 Å². The Morgan fingerprint density at radius 3 is 2.70 bits per heavy atom. The van der Waals surface area contributed by atoms with Gasteiger partial charge in [-0.1, -0.05) is 6.92 Å². The Balaban J connectivity index is 2.10. The van der Waals surface area contributed by atoms with Gasteiger partial charge in [0, 0.05) is 28.0 Å². The van der Waals surface area contributed by atoms with Gasteiger partial charge in [0.05, 0.1) is 17.9 Å². The molecule has 120 valence electrons. The van der Waals surface area contributed by atoms with Gasteiger partial charge >= 0.3 is 5.97 Å². The molecule has 2 heterocycles. The number of hydrogen-bond acceptors (Lipinski definition) is 5. The quantitative estimate of drug-likeness (QED) is 0.707. The van der Waals surface area contributed by atoms with Crippen molar-refractivity contribution in [1.82, 2.24) is 0 Å². The van der Waals surface area contributed by atoms with Crippen LogP contribution in [0.25, 0.3) is 21.1 Å². The SMILES string of the molecule is COc1cc2sc(C(=O)CC(C)C(=O)O)cc2c2cc(C)oc12. The third kappa shape index (κ3) is 2.70. The van der Waals surface area contributed by atoms with E-state index in [2.05, 4.69) is 0 Å². The average molecular weight is 332 g/mol. The Kier molecular flexibility index (Phi) is 3.85. The smallest absolute Gasteiger partial charge is 0.306 e. The van der Waals surface area contributed by atoms with Gasteiger partial charge < -0.3 is 14.3 Å². The first kappa shape index (κ1) is 15.6. The van der Waals surface area contributed by atoms with E-state index in [4.69, 9.17) is 14.3 Å². The lowest BCUT2D eigenvalue weighted by Crippen LogP contribution is -2.13. The van der Waals surface area contributed by atoms with Gasteiger partial charge in [0.2, 0.25) is 0 Å². The van der Waals surface area contributed by atoms with Gasteiger partial charge in [-0.05, 0) is 19.1 Å². The van der Waals surface area contributed by atoms with Crippen LogP contribution in [0.3, 0.4) is 0 Å². The van der Waals surface area contributed by atoms with Crippen molar-refractivity contribution in [2.24, 2.45) is 5.92 Å². The number of carbonyl (C=O) groups excluding carboxylic acids is 1. The number of fused-ring (bicyclic) bond motifs is 3. The van der Waals surface area contributed by atoms with Crippen LogP contribution in [-0.2, 0) is 4.79 Å². The van der Waals surface area contributed by atoms with Crippen LogP contribution in [0.4, 0.5) is 0 Å². The summed E-state index contributed by atoms with van der Waals surface area (Å²) in [5.41, 5.74) is 0.660. The lowest BCUT2D eigenvalue weighted by molar-refractivity contribution is -0.141. The molecule has 1 atom stereocenters. The highest BCUT2D eigenvalue weighted by atomic mass is 32.1. The number of furan rings is 1. The van der Waals surface area contributed by atoms with Crippen LogP contribution >= 0.6 is 11.3 Å². The van der Waals surface area contributed by atoms with Crippen molar-refractivity contribution in [3.05, 3.63) is 28.8 Å². The summed E-state index contributed by atoms with van der Waals surface area (Å²) in [5.74, 6) is -0.425. The van der Waals surface area contributed by atoms with Crippen LogP contribution in [0.15, 0.2) is 22.6 Å². The van der Waals surface area contributed by atoms with Crippen molar-refractivity contribution in [1.29, 1.82) is 0 Å². The Bertz CT molecular complexity index is 918. The maximum Gasteiger partial charge on any atom is 0.306 e. The maximum absolute atomic E-state index is 12.3. The molecule has 0 fully saturated rings. The number of ether oxygens (including phenoxy) is 1. The Morgan fingerprint density at radius 1 is 1.30 bits per heavy atom. The van der Waals surface area contributed by atoms with E-state index in [0.29, 0.717) is 16.2 Å². The first-order valence-corrected chi connectivity index (χ1v) is 7.99. The number of benzene rings is 1. The predicted molar refractivity (Wildman–Crippen MR) is 88.6 cm³/mol. The van der Waals surface area contributed by atoms with Gasteiger partial charge in [0.25, 0.3) is 0 Å². The molecule has 1 aromatic carbocycles. The van der Waals surface area contributed by atoms with Gasteiger partial charge in [-0.25, -0.2) is 0 Å². The number of carboxylic acid groups (broad SMARTS) is 1. The molecule has 3 aromatic rings. The number of hydrogen-bond donors (Lipinski definition) is 1. The molecule has 23 heavy (non-hydrogen) atoms. The monoisotopic (exact) mass is 332 g/mol. The zero-order valence-corrected chi connectivity index (χ0v) is 13.8. The van der Waals surface area contributed by atoms with Crippen molar-refractivity contribution in [3.8, 4) is 5.75 Å². The molecular formula is C17H16O5S. The highest BCUT2D eigenvalue weighted by molar-refractivity contribution is 7.21. The fourth-order valence-electron chi connectivity index (χ4n) is 2.56. The standard InChI is InChI=1S/C17H16O5S/c1-8(17(19)20)4-12(18)15-6-10-11-5-9(2)22-16(11)13(21-3)7-14(10)23-15/h5-8H,4H2,1-3H3,(H,19,20). The zero-order chi connectivity index (χ0) is 16.7. The Labute approximate surface area is 136 Å². The summed E-state index contributed by atoms with van der Waals surface area (Å²) in [5, 5.41) is 10.8. The molecule has 0 aliphatic rings. The van der Waals surface area contributed by atoms with E-state index in [-0.39, 0.29) is 12.2 Å². The lowest BCUT2D eigenvalue weighted by Gasteiger charge is -2.02. The van der Waals surface area contributed by atoms with Crippen molar-refractivity contribution in [2.45, 2.75) is 20.3 Å². The van der Waals surface area contributed by atoms with E-state index in [1.54, 1.807) is 7.11 Å².